The highest BCUT2D eigenvalue weighted by Gasteiger charge is 2.25. The number of hydrogen-bond donors (Lipinski definition) is 1. The van der Waals surface area contributed by atoms with Gasteiger partial charge in [-0.3, -0.25) is 0 Å². The summed E-state index contributed by atoms with van der Waals surface area (Å²) in [5, 5.41) is 8.03. The fourth-order valence-corrected chi connectivity index (χ4v) is 5.82. The minimum atomic E-state index is -1.14. The quantitative estimate of drug-likeness (QED) is 0.250. The Hall–Kier alpha value is -1.20. The maximum absolute atomic E-state index is 6.18. The number of rotatable bonds is 13. The summed E-state index contributed by atoms with van der Waals surface area (Å²) in [4.78, 5) is 7.19. The molecule has 1 saturated carbocycles. The Bertz CT molecular complexity index is 870. The lowest BCUT2D eigenvalue weighted by molar-refractivity contribution is 0.0942. The molecule has 0 saturated heterocycles. The average Bonchev–Trinajstić information content (AvgIpc) is 3.25. The molecular weight excluding hydrogens is 457 g/mol. The van der Waals surface area contributed by atoms with Crippen molar-refractivity contribution in [2.24, 2.45) is 0 Å². The standard InChI is InChI=1S/C24H46BN5O2Si2/c1-33(2,3)15-13-31-18-29(19-32-14-16-34(4,5)6)24-17-22(27-23-11-12-26-30(23)24)20-7-9-21(28-25)10-8-20/h11-12,17,20-21,28H,7-10,13-16,18-19,25H2,1-6H3/t20-,21+. The highest BCUT2D eigenvalue weighted by molar-refractivity contribution is 6.76. The first-order chi connectivity index (χ1) is 16.1. The van der Waals surface area contributed by atoms with Gasteiger partial charge in [0.1, 0.15) is 19.3 Å². The minimum absolute atomic E-state index is 0.491. The van der Waals surface area contributed by atoms with E-state index in [4.69, 9.17) is 14.5 Å². The van der Waals surface area contributed by atoms with Crippen LogP contribution in [0.15, 0.2) is 18.3 Å². The molecule has 190 valence electrons. The number of nitrogens with one attached hydrogen (secondary N) is 1. The predicted molar refractivity (Wildman–Crippen MR) is 150 cm³/mol. The Labute approximate surface area is 209 Å². The van der Waals surface area contributed by atoms with Crippen LogP contribution in [0.2, 0.25) is 51.4 Å². The van der Waals surface area contributed by atoms with Crippen molar-refractivity contribution >= 4 is 35.6 Å². The summed E-state index contributed by atoms with van der Waals surface area (Å²) in [5.41, 5.74) is 2.07. The molecule has 0 spiro atoms. The molecule has 0 atom stereocenters. The van der Waals surface area contributed by atoms with E-state index in [-0.39, 0.29) is 0 Å². The lowest BCUT2D eigenvalue weighted by Crippen LogP contribution is -2.33. The van der Waals surface area contributed by atoms with Gasteiger partial charge in [-0.15, -0.1) is 0 Å². The van der Waals surface area contributed by atoms with Crippen molar-refractivity contribution in [3.05, 3.63) is 24.0 Å². The zero-order valence-electron chi connectivity index (χ0n) is 22.6. The Balaban J connectivity index is 1.78. The van der Waals surface area contributed by atoms with Gasteiger partial charge in [0.25, 0.3) is 0 Å². The number of anilines is 1. The number of ether oxygens (including phenoxy) is 2. The van der Waals surface area contributed by atoms with Gasteiger partial charge in [-0.2, -0.15) is 9.61 Å². The van der Waals surface area contributed by atoms with E-state index < -0.39 is 16.1 Å². The topological polar surface area (TPSA) is 63.9 Å². The second-order valence-corrected chi connectivity index (χ2v) is 23.5. The van der Waals surface area contributed by atoms with Crippen LogP contribution in [0.3, 0.4) is 0 Å². The minimum Gasteiger partial charge on any atom is -0.361 e. The van der Waals surface area contributed by atoms with Gasteiger partial charge in [0.05, 0.1) is 6.20 Å². The lowest BCUT2D eigenvalue weighted by atomic mass is 9.83. The van der Waals surface area contributed by atoms with Crippen molar-refractivity contribution < 1.29 is 9.47 Å². The third-order valence-corrected chi connectivity index (χ3v) is 10.1. The van der Waals surface area contributed by atoms with Crippen molar-refractivity contribution in [1.29, 1.82) is 0 Å². The van der Waals surface area contributed by atoms with Gasteiger partial charge < -0.3 is 19.6 Å². The highest BCUT2D eigenvalue weighted by atomic mass is 28.3. The van der Waals surface area contributed by atoms with Gasteiger partial charge in [-0.05, 0) is 43.8 Å². The SMILES string of the molecule is BN[C@H]1CC[C@@H](c2cc(N(COCC[Si](C)(C)C)COCC[Si](C)(C)C)n3nccc3n2)CC1. The second kappa shape index (κ2) is 12.2. The van der Waals surface area contributed by atoms with Crippen LogP contribution in [0.4, 0.5) is 5.82 Å². The summed E-state index contributed by atoms with van der Waals surface area (Å²) in [6.45, 7) is 16.9. The van der Waals surface area contributed by atoms with E-state index >= 15 is 0 Å². The molecule has 0 amide bonds. The Kier molecular flexibility index (Phi) is 9.80. The molecule has 0 radical (unpaired) electrons. The molecule has 2 heterocycles. The smallest absolute Gasteiger partial charge is 0.182 e. The van der Waals surface area contributed by atoms with Gasteiger partial charge in [-0.1, -0.05) is 39.3 Å². The van der Waals surface area contributed by atoms with Gasteiger partial charge in [0.2, 0.25) is 0 Å². The van der Waals surface area contributed by atoms with Crippen molar-refractivity contribution in [1.82, 2.24) is 19.8 Å². The number of fused-ring (bicyclic) bond motifs is 1. The normalized spacial score (nSPS) is 19.6. The fraction of sp³-hybridized carbons (Fsp3) is 0.750. The molecule has 0 unspecified atom stereocenters. The fourth-order valence-electron chi connectivity index (χ4n) is 4.30. The van der Waals surface area contributed by atoms with Crippen LogP contribution in [0.1, 0.15) is 37.3 Å². The van der Waals surface area contributed by atoms with E-state index in [0.29, 0.717) is 25.4 Å². The summed E-state index contributed by atoms with van der Waals surface area (Å²) in [6, 6.07) is 7.18. The molecule has 2 aromatic heterocycles. The monoisotopic (exact) mass is 503 g/mol. The van der Waals surface area contributed by atoms with Crippen LogP contribution in [0.25, 0.3) is 5.65 Å². The highest BCUT2D eigenvalue weighted by Crippen LogP contribution is 2.33. The van der Waals surface area contributed by atoms with Gasteiger partial charge in [0, 0.05) is 53.1 Å². The molecule has 1 aliphatic carbocycles. The van der Waals surface area contributed by atoms with Crippen LogP contribution in [0.5, 0.6) is 0 Å². The van der Waals surface area contributed by atoms with Gasteiger partial charge >= 0.3 is 0 Å². The molecule has 3 rings (SSSR count). The van der Waals surface area contributed by atoms with Crippen LogP contribution in [-0.4, -0.2) is 71.4 Å². The number of nitrogens with zero attached hydrogens (tertiary/aromatic N) is 4. The first kappa shape index (κ1) is 27.4. The predicted octanol–water partition coefficient (Wildman–Crippen LogP) is 4.32. The van der Waals surface area contributed by atoms with Crippen molar-refractivity contribution in [2.75, 3.05) is 31.6 Å². The third kappa shape index (κ3) is 8.48. The molecule has 0 aliphatic heterocycles. The first-order valence-corrected chi connectivity index (χ1v) is 20.4. The van der Waals surface area contributed by atoms with Crippen LogP contribution >= 0.6 is 0 Å². The summed E-state index contributed by atoms with van der Waals surface area (Å²) in [5.74, 6) is 1.51. The second-order valence-electron chi connectivity index (χ2n) is 12.2. The summed E-state index contributed by atoms with van der Waals surface area (Å²) in [7, 11) is -0.202. The molecule has 7 nitrogen and oxygen atoms in total. The van der Waals surface area contributed by atoms with E-state index in [2.05, 4.69) is 68.6 Å². The molecule has 34 heavy (non-hydrogen) atoms. The molecule has 2 aromatic rings. The van der Waals surface area contributed by atoms with Crippen molar-refractivity contribution in [3.8, 4) is 0 Å². The zero-order valence-corrected chi connectivity index (χ0v) is 24.6. The molecule has 10 heteroatoms. The van der Waals surface area contributed by atoms with E-state index in [1.807, 2.05) is 16.8 Å². The molecule has 1 aliphatic rings. The lowest BCUT2D eigenvalue weighted by Gasteiger charge is -2.30. The van der Waals surface area contributed by atoms with Gasteiger partial charge in [-0.25, -0.2) is 4.98 Å². The van der Waals surface area contributed by atoms with E-state index in [0.717, 1.165) is 36.8 Å². The summed E-state index contributed by atoms with van der Waals surface area (Å²) in [6.07, 6.45) is 6.57. The molecule has 1 N–H and O–H groups in total. The first-order valence-electron chi connectivity index (χ1n) is 13.0. The Morgan fingerprint density at radius 1 is 1.00 bits per heavy atom. The van der Waals surface area contributed by atoms with Crippen LogP contribution in [-0.2, 0) is 9.47 Å². The van der Waals surface area contributed by atoms with Crippen LogP contribution < -0.4 is 10.1 Å². The van der Waals surface area contributed by atoms with E-state index in [9.17, 15) is 0 Å². The summed E-state index contributed by atoms with van der Waals surface area (Å²) < 4.78 is 14.3. The van der Waals surface area contributed by atoms with E-state index in [1.54, 1.807) is 0 Å². The zero-order chi connectivity index (χ0) is 24.8. The number of aromatic nitrogens is 3. The molecule has 0 aromatic carbocycles. The van der Waals surface area contributed by atoms with Gasteiger partial charge in [0.15, 0.2) is 13.6 Å². The Morgan fingerprint density at radius 2 is 1.59 bits per heavy atom. The molecule has 1 fully saturated rings. The summed E-state index contributed by atoms with van der Waals surface area (Å²) >= 11 is 0. The third-order valence-electron chi connectivity index (χ3n) is 6.73. The maximum Gasteiger partial charge on any atom is 0.182 e. The molecular formula is C24H46BN5O2Si2. The van der Waals surface area contributed by atoms with Crippen molar-refractivity contribution in [3.63, 3.8) is 0 Å². The molecule has 0 bridgehead atoms. The largest absolute Gasteiger partial charge is 0.361 e. The Morgan fingerprint density at radius 3 is 2.12 bits per heavy atom. The van der Waals surface area contributed by atoms with Crippen LogP contribution in [0, 0.1) is 0 Å². The average molecular weight is 504 g/mol. The van der Waals surface area contributed by atoms with E-state index in [1.165, 1.54) is 31.4 Å². The number of hydrogen-bond acceptors (Lipinski definition) is 6. The maximum atomic E-state index is 6.18. The van der Waals surface area contributed by atoms with Crippen molar-refractivity contribution in [2.45, 2.75) is 89.0 Å².